The molecule has 0 atom stereocenters. The Morgan fingerprint density at radius 3 is 1.36 bits per heavy atom. The Morgan fingerprint density at radius 2 is 1.00 bits per heavy atom. The van der Waals surface area contributed by atoms with E-state index in [2.05, 4.69) is 43.5 Å². The van der Waals surface area contributed by atoms with E-state index in [1.54, 1.807) is 62.4 Å². The predicted molar refractivity (Wildman–Crippen MR) is 256 cm³/mol. The van der Waals surface area contributed by atoms with Gasteiger partial charge < -0.3 is 10.4 Å². The molecule has 0 amide bonds. The number of hydrazone groups is 2. The summed E-state index contributed by atoms with van der Waals surface area (Å²) in [6, 6.07) is 18.0. The molecular weight excluding hydrogens is 903 g/mol. The summed E-state index contributed by atoms with van der Waals surface area (Å²) in [5.41, 5.74) is 6.48. The molecule has 0 unspecified atom stereocenters. The summed E-state index contributed by atoms with van der Waals surface area (Å²) in [5, 5.41) is 46.7. The maximum atomic E-state index is 12.5. The molecule has 2 heterocycles. The number of allylic oxidation sites excluding steroid dienone is 6. The number of anilines is 2. The normalized spacial score (nSPS) is 14.0. The maximum Gasteiger partial charge on any atom is 1.00 e. The van der Waals surface area contributed by atoms with Crippen molar-refractivity contribution in [3.63, 3.8) is 0 Å². The van der Waals surface area contributed by atoms with Gasteiger partial charge >= 0.3 is 1.43 Å². The number of hydrogen-bond donors (Lipinski definition) is 6. The summed E-state index contributed by atoms with van der Waals surface area (Å²) < 4.78 is 2.70. The summed E-state index contributed by atoms with van der Waals surface area (Å²) >= 11 is 0. The van der Waals surface area contributed by atoms with E-state index >= 15 is 0 Å². The van der Waals surface area contributed by atoms with Gasteiger partial charge in [0.2, 0.25) is 11.6 Å². The molecular formula is C46H58CrN11O9+. The van der Waals surface area contributed by atoms with Crippen molar-refractivity contribution < 1.29 is 43.3 Å². The second-order valence-corrected chi connectivity index (χ2v) is 15.1. The van der Waals surface area contributed by atoms with Gasteiger partial charge in [-0.3, -0.25) is 60.5 Å². The van der Waals surface area contributed by atoms with Crippen LogP contribution < -0.4 is 27.3 Å². The van der Waals surface area contributed by atoms with Crippen LogP contribution >= 0.6 is 0 Å². The fourth-order valence-electron chi connectivity index (χ4n) is 6.47. The number of carbonyl (C=O) groups excluding carboxylic acids is 2. The molecule has 6 N–H and O–H groups in total. The molecule has 2 aromatic carbocycles. The van der Waals surface area contributed by atoms with E-state index in [0.29, 0.717) is 22.8 Å². The van der Waals surface area contributed by atoms with Crippen LogP contribution in [0.5, 0.6) is 0 Å². The molecule has 0 radical (unpaired) electrons. The third-order valence-corrected chi connectivity index (χ3v) is 10.1. The number of hydrogen-bond acceptors (Lipinski definition) is 14. The fourth-order valence-corrected chi connectivity index (χ4v) is 6.47. The van der Waals surface area contributed by atoms with Gasteiger partial charge in [0.1, 0.15) is 22.8 Å². The Morgan fingerprint density at radius 1 is 0.612 bits per heavy atom. The Bertz CT molecular complexity index is 2420. The zero-order chi connectivity index (χ0) is 47.8. The van der Waals surface area contributed by atoms with Gasteiger partial charge in [-0.05, 0) is 63.2 Å². The van der Waals surface area contributed by atoms with Crippen molar-refractivity contribution >= 4 is 34.4 Å². The van der Waals surface area contributed by atoms with Crippen LogP contribution in [0, 0.1) is 34.1 Å². The standard InChI is InChI=1S/2C16H13N5O4.C14H31NO.Cr/c2*1-10-15(16(23)20(19-10)11-5-3-2-4-6-11)18-17-13-8-7-12(21(24)25)9-14(13)22;1-2-3-4-5-6-7-8-9-10-11-12-15-13-14-16;/h2*2-9,18-19H,1H3;15-16H,2-14H2,1H3;/p+1/b2*17-13-;;. The molecule has 67 heavy (non-hydrogen) atoms. The molecule has 20 nitrogen and oxygen atoms in total. The zero-order valence-electron chi connectivity index (χ0n) is 38.7. The minimum absolute atomic E-state index is 0. The first-order valence-corrected chi connectivity index (χ1v) is 21.8. The van der Waals surface area contributed by atoms with Crippen molar-refractivity contribution in [2.45, 2.75) is 85.0 Å². The molecule has 2 aromatic heterocycles. The molecule has 0 saturated carbocycles. The Balaban J connectivity index is 0.000000355. The smallest absolute Gasteiger partial charge is 0.395 e. The number of aromatic amines is 2. The van der Waals surface area contributed by atoms with Crippen molar-refractivity contribution in [1.82, 2.24) is 24.9 Å². The van der Waals surface area contributed by atoms with E-state index in [1.807, 2.05) is 12.1 Å². The number of rotatable bonds is 21. The molecule has 2 aliphatic carbocycles. The van der Waals surface area contributed by atoms with Crippen molar-refractivity contribution in [2.75, 3.05) is 30.5 Å². The van der Waals surface area contributed by atoms with Gasteiger partial charge in [-0.15, -0.1) is 0 Å². The van der Waals surface area contributed by atoms with Crippen molar-refractivity contribution in [3.05, 3.63) is 161 Å². The van der Waals surface area contributed by atoms with E-state index in [9.17, 15) is 39.4 Å². The van der Waals surface area contributed by atoms with E-state index in [1.165, 1.54) is 97.9 Å². The summed E-state index contributed by atoms with van der Waals surface area (Å²) in [6.45, 7) is 7.72. The van der Waals surface area contributed by atoms with Crippen LogP contribution in [0.25, 0.3) is 11.4 Å². The monoisotopic (exact) mass is 960 g/mol. The van der Waals surface area contributed by atoms with Crippen LogP contribution in [-0.2, 0) is 27.0 Å². The number of para-hydroxylation sites is 2. The topological polar surface area (TPSA) is 277 Å². The van der Waals surface area contributed by atoms with E-state index in [-0.39, 0.29) is 70.7 Å². The van der Waals surface area contributed by atoms with Crippen LogP contribution in [-0.4, -0.2) is 77.2 Å². The number of aromatic nitrogens is 4. The summed E-state index contributed by atoms with van der Waals surface area (Å²) in [4.78, 5) is 68.6. The molecule has 0 spiro atoms. The quantitative estimate of drug-likeness (QED) is 0.0221. The van der Waals surface area contributed by atoms with E-state index < -0.39 is 21.4 Å². The van der Waals surface area contributed by atoms with Gasteiger partial charge in [0, 0.05) is 36.1 Å². The third kappa shape index (κ3) is 17.0. The molecule has 0 aliphatic heterocycles. The number of carbonyl (C=O) groups is 2. The van der Waals surface area contributed by atoms with Gasteiger partial charge in [-0.2, -0.15) is 10.2 Å². The Labute approximate surface area is 399 Å². The van der Waals surface area contributed by atoms with Crippen molar-refractivity contribution in [2.24, 2.45) is 10.2 Å². The Hall–Kier alpha value is -7.05. The number of ketones is 2. The predicted octanol–water partition coefficient (Wildman–Crippen LogP) is 6.68. The van der Waals surface area contributed by atoms with Crippen LogP contribution in [0.4, 0.5) is 11.4 Å². The first-order chi connectivity index (χ1) is 31.9. The number of nitrogens with one attached hydrogen (secondary N) is 5. The number of nitro groups is 2. The second-order valence-electron chi connectivity index (χ2n) is 15.1. The summed E-state index contributed by atoms with van der Waals surface area (Å²) in [7, 11) is 0. The van der Waals surface area contributed by atoms with Crippen LogP contribution in [0.3, 0.4) is 0 Å². The minimum Gasteiger partial charge on any atom is -0.395 e. The maximum absolute atomic E-state index is 12.5. The van der Waals surface area contributed by atoms with E-state index in [4.69, 9.17) is 5.11 Å². The number of nitrogens with zero attached hydrogens (tertiary/aromatic N) is 6. The first kappa shape index (κ1) is 54.3. The molecule has 6 rings (SSSR count). The fraction of sp³-hybridized carbons (Fsp3) is 0.348. The van der Waals surface area contributed by atoms with Gasteiger partial charge in [0.15, 0.2) is 0 Å². The summed E-state index contributed by atoms with van der Waals surface area (Å²) in [6.07, 6.45) is 20.4. The Kier molecular flexibility index (Phi) is 23.3. The molecule has 2 aliphatic rings. The largest absolute Gasteiger partial charge is 1.00 e. The number of benzene rings is 2. The molecule has 21 heteroatoms. The first-order valence-electron chi connectivity index (χ1n) is 21.8. The van der Waals surface area contributed by atoms with Crippen LogP contribution in [0.2, 0.25) is 0 Å². The van der Waals surface area contributed by atoms with E-state index in [0.717, 1.165) is 25.2 Å². The van der Waals surface area contributed by atoms with Gasteiger partial charge in [-0.25, -0.2) is 9.36 Å². The number of H-pyrrole nitrogens is 2. The number of unbranched alkanes of at least 4 members (excludes halogenated alkanes) is 9. The van der Waals surface area contributed by atoms with Crippen molar-refractivity contribution in [3.8, 4) is 11.4 Å². The molecule has 0 fully saturated rings. The van der Waals surface area contributed by atoms with Gasteiger partial charge in [-0.1, -0.05) is 101 Å². The number of aryl methyl sites for hydroxylation is 2. The van der Waals surface area contributed by atoms with Crippen LogP contribution in [0.15, 0.2) is 128 Å². The average Bonchev–Trinajstić information content (AvgIpc) is 3.77. The zero-order valence-corrected chi connectivity index (χ0v) is 39.0. The number of aliphatic hydroxyl groups is 1. The molecule has 0 saturated heterocycles. The SMILES string of the molecule is CCCCCCCCCCCCNCCO.Cc1[nH]n(-c2ccccc2)c(=O)c1N/N=C1/C=CC([N+](=O)[O-])=CC1=O.Cc1[nH]n(-c2ccccc2)c(=O)c1N/N=C1/C=CC([N+](=O)[O-])=CC1=O.[Cr].[H+]. The number of aliphatic hydroxyl groups excluding tert-OH is 1. The second kappa shape index (κ2) is 28.8. The van der Waals surface area contributed by atoms with Crippen LogP contribution in [0.1, 0.15) is 83.9 Å². The molecule has 356 valence electrons. The van der Waals surface area contributed by atoms with Gasteiger partial charge in [0.25, 0.3) is 22.5 Å². The van der Waals surface area contributed by atoms with Gasteiger partial charge in [0.05, 0.1) is 51.4 Å². The molecule has 0 bridgehead atoms. The molecule has 4 aromatic rings. The summed E-state index contributed by atoms with van der Waals surface area (Å²) in [5.74, 6) is -1.23. The third-order valence-electron chi connectivity index (χ3n) is 10.1. The average molecular weight is 961 g/mol. The van der Waals surface area contributed by atoms with Crippen molar-refractivity contribution in [1.29, 1.82) is 0 Å². The minimum atomic E-state index is -0.659.